The molecule has 4 heteroatoms. The lowest BCUT2D eigenvalue weighted by Crippen LogP contribution is -2.08. The number of halogens is 1. The van der Waals surface area contributed by atoms with Gasteiger partial charge in [0.25, 0.3) is 5.56 Å². The standard InChI is InChI=1S/C19H17ClN2O/c1-4-6-13-9-11(2)16(12(3)10-13)14-7-5-8-15-17(14)21-19(20)22-18(15)23/h4-10H,1-3H3,(H,21,22,23)/b6-4+. The van der Waals surface area contributed by atoms with E-state index in [2.05, 4.69) is 42.0 Å². The van der Waals surface area contributed by atoms with Gasteiger partial charge >= 0.3 is 0 Å². The van der Waals surface area contributed by atoms with Crippen LogP contribution in [0.3, 0.4) is 0 Å². The first-order valence-electron chi connectivity index (χ1n) is 7.44. The molecule has 0 aliphatic heterocycles. The number of nitrogens with one attached hydrogen (secondary N) is 1. The highest BCUT2D eigenvalue weighted by atomic mass is 35.5. The molecule has 116 valence electrons. The van der Waals surface area contributed by atoms with Crippen LogP contribution in [0.15, 0.2) is 41.2 Å². The molecule has 0 aliphatic carbocycles. The number of nitrogens with zero attached hydrogens (tertiary/aromatic N) is 1. The third-order valence-electron chi connectivity index (χ3n) is 3.89. The molecule has 0 atom stereocenters. The molecule has 1 N–H and O–H groups in total. The zero-order valence-electron chi connectivity index (χ0n) is 13.3. The summed E-state index contributed by atoms with van der Waals surface area (Å²) in [5.41, 5.74) is 5.88. The molecule has 3 rings (SSSR count). The van der Waals surface area contributed by atoms with Gasteiger partial charge in [0.05, 0.1) is 10.9 Å². The number of H-pyrrole nitrogens is 1. The third kappa shape index (κ3) is 2.80. The molecule has 1 aromatic heterocycles. The predicted octanol–water partition coefficient (Wildman–Crippen LogP) is 4.89. The minimum Gasteiger partial charge on any atom is -0.297 e. The van der Waals surface area contributed by atoms with E-state index >= 15 is 0 Å². The lowest BCUT2D eigenvalue weighted by molar-refractivity contribution is 1.17. The molecular weight excluding hydrogens is 308 g/mol. The minimum absolute atomic E-state index is 0.107. The Morgan fingerprint density at radius 3 is 2.52 bits per heavy atom. The van der Waals surface area contributed by atoms with Gasteiger partial charge in [-0.15, -0.1) is 0 Å². The number of aromatic amines is 1. The number of hydrogen-bond acceptors (Lipinski definition) is 2. The number of para-hydroxylation sites is 1. The second-order valence-electron chi connectivity index (χ2n) is 5.59. The smallest absolute Gasteiger partial charge is 0.259 e. The zero-order valence-corrected chi connectivity index (χ0v) is 14.0. The van der Waals surface area contributed by atoms with Gasteiger partial charge in [-0.1, -0.05) is 36.4 Å². The molecule has 0 bridgehead atoms. The van der Waals surface area contributed by atoms with E-state index in [0.29, 0.717) is 10.9 Å². The molecule has 0 radical (unpaired) electrons. The van der Waals surface area contributed by atoms with Gasteiger partial charge in [-0.25, -0.2) is 4.98 Å². The molecule has 0 spiro atoms. The molecule has 0 unspecified atom stereocenters. The highest BCUT2D eigenvalue weighted by Crippen LogP contribution is 2.32. The lowest BCUT2D eigenvalue weighted by Gasteiger charge is -2.13. The SMILES string of the molecule is C/C=C/c1cc(C)c(-c2cccc3c(=O)[nH]c(Cl)nc23)c(C)c1. The second-order valence-corrected chi connectivity index (χ2v) is 5.95. The summed E-state index contributed by atoms with van der Waals surface area (Å²) in [4.78, 5) is 19.0. The van der Waals surface area contributed by atoms with Crippen molar-refractivity contribution in [2.24, 2.45) is 0 Å². The Kier molecular flexibility index (Phi) is 4.05. The van der Waals surface area contributed by atoms with Gasteiger partial charge in [-0.05, 0) is 60.7 Å². The molecular formula is C19H17ClN2O. The summed E-state index contributed by atoms with van der Waals surface area (Å²) in [6, 6.07) is 9.89. The van der Waals surface area contributed by atoms with Crippen molar-refractivity contribution in [2.45, 2.75) is 20.8 Å². The van der Waals surface area contributed by atoms with E-state index in [1.165, 1.54) is 0 Å². The van der Waals surface area contributed by atoms with Crippen molar-refractivity contribution in [1.82, 2.24) is 9.97 Å². The third-order valence-corrected chi connectivity index (χ3v) is 4.07. The van der Waals surface area contributed by atoms with Gasteiger partial charge in [-0.2, -0.15) is 0 Å². The van der Waals surface area contributed by atoms with Gasteiger partial charge in [-0.3, -0.25) is 9.78 Å². The van der Waals surface area contributed by atoms with E-state index in [1.807, 2.05) is 25.1 Å². The van der Waals surface area contributed by atoms with Crippen LogP contribution in [0.4, 0.5) is 0 Å². The Balaban J connectivity index is 2.36. The van der Waals surface area contributed by atoms with E-state index < -0.39 is 0 Å². The predicted molar refractivity (Wildman–Crippen MR) is 97.0 cm³/mol. The maximum absolute atomic E-state index is 12.1. The lowest BCUT2D eigenvalue weighted by atomic mass is 9.92. The van der Waals surface area contributed by atoms with E-state index in [0.717, 1.165) is 27.8 Å². The molecule has 3 aromatic rings. The first-order valence-corrected chi connectivity index (χ1v) is 7.82. The molecule has 1 heterocycles. The summed E-state index contributed by atoms with van der Waals surface area (Å²) in [5, 5.41) is 0.652. The fourth-order valence-electron chi connectivity index (χ4n) is 3.05. The molecule has 0 saturated heterocycles. The van der Waals surface area contributed by atoms with Crippen molar-refractivity contribution in [2.75, 3.05) is 0 Å². The van der Waals surface area contributed by atoms with Crippen LogP contribution in [0.25, 0.3) is 28.1 Å². The molecule has 0 aliphatic rings. The van der Waals surface area contributed by atoms with Crippen molar-refractivity contribution in [3.8, 4) is 11.1 Å². The Morgan fingerprint density at radius 1 is 1.17 bits per heavy atom. The summed E-state index contributed by atoms with van der Waals surface area (Å²) < 4.78 is 0. The van der Waals surface area contributed by atoms with Gasteiger partial charge in [0.2, 0.25) is 5.28 Å². The second kappa shape index (κ2) is 6.01. The van der Waals surface area contributed by atoms with Gasteiger partial charge < -0.3 is 0 Å². The summed E-state index contributed by atoms with van der Waals surface area (Å²) in [6.07, 6.45) is 4.10. The van der Waals surface area contributed by atoms with E-state index in [4.69, 9.17) is 11.6 Å². The van der Waals surface area contributed by atoms with Crippen molar-refractivity contribution in [3.05, 3.63) is 68.7 Å². The highest BCUT2D eigenvalue weighted by Gasteiger charge is 2.13. The number of allylic oxidation sites excluding steroid dienone is 1. The van der Waals surface area contributed by atoms with Crippen LogP contribution in [0.5, 0.6) is 0 Å². The van der Waals surface area contributed by atoms with Crippen LogP contribution < -0.4 is 5.56 Å². The number of fused-ring (bicyclic) bond motifs is 1. The highest BCUT2D eigenvalue weighted by molar-refractivity contribution is 6.28. The van der Waals surface area contributed by atoms with Gasteiger partial charge in [0, 0.05) is 5.56 Å². The van der Waals surface area contributed by atoms with Crippen molar-refractivity contribution < 1.29 is 0 Å². The topological polar surface area (TPSA) is 45.8 Å². The Bertz CT molecular complexity index is 963. The Morgan fingerprint density at radius 2 is 1.87 bits per heavy atom. The molecule has 0 amide bonds. The number of aryl methyl sites for hydroxylation is 2. The van der Waals surface area contributed by atoms with Crippen LogP contribution in [-0.4, -0.2) is 9.97 Å². The number of aromatic nitrogens is 2. The van der Waals surface area contributed by atoms with Crippen LogP contribution in [-0.2, 0) is 0 Å². The maximum atomic E-state index is 12.1. The minimum atomic E-state index is -0.220. The average molecular weight is 325 g/mol. The monoisotopic (exact) mass is 324 g/mol. The van der Waals surface area contributed by atoms with Gasteiger partial charge in [0.15, 0.2) is 0 Å². The normalized spacial score (nSPS) is 11.5. The van der Waals surface area contributed by atoms with Crippen LogP contribution in [0.2, 0.25) is 5.28 Å². The first kappa shape index (κ1) is 15.5. The summed E-state index contributed by atoms with van der Waals surface area (Å²) >= 11 is 5.95. The number of benzene rings is 2. The quantitative estimate of drug-likeness (QED) is 0.682. The first-order chi connectivity index (χ1) is 11.0. The molecule has 23 heavy (non-hydrogen) atoms. The summed E-state index contributed by atoms with van der Waals surface area (Å²) in [7, 11) is 0. The Hall–Kier alpha value is -2.39. The number of hydrogen-bond donors (Lipinski definition) is 1. The summed E-state index contributed by atoms with van der Waals surface area (Å²) in [5.74, 6) is 0. The molecule has 0 saturated carbocycles. The molecule has 3 nitrogen and oxygen atoms in total. The van der Waals surface area contributed by atoms with Crippen molar-refractivity contribution in [3.63, 3.8) is 0 Å². The number of rotatable bonds is 2. The largest absolute Gasteiger partial charge is 0.297 e. The zero-order chi connectivity index (χ0) is 16.6. The van der Waals surface area contributed by atoms with E-state index in [1.54, 1.807) is 6.07 Å². The van der Waals surface area contributed by atoms with Crippen LogP contribution in [0.1, 0.15) is 23.6 Å². The van der Waals surface area contributed by atoms with E-state index in [9.17, 15) is 4.79 Å². The molecule has 0 fully saturated rings. The Labute approximate surface area is 139 Å². The van der Waals surface area contributed by atoms with Crippen LogP contribution >= 0.6 is 11.6 Å². The van der Waals surface area contributed by atoms with E-state index in [-0.39, 0.29) is 10.8 Å². The van der Waals surface area contributed by atoms with Crippen molar-refractivity contribution in [1.29, 1.82) is 0 Å². The maximum Gasteiger partial charge on any atom is 0.259 e. The fraction of sp³-hybridized carbons (Fsp3) is 0.158. The fourth-order valence-corrected chi connectivity index (χ4v) is 3.22. The van der Waals surface area contributed by atoms with Crippen molar-refractivity contribution >= 4 is 28.6 Å². The molecule has 2 aromatic carbocycles. The van der Waals surface area contributed by atoms with Crippen LogP contribution in [0, 0.1) is 13.8 Å². The summed E-state index contributed by atoms with van der Waals surface area (Å²) in [6.45, 7) is 6.15. The average Bonchev–Trinajstić information content (AvgIpc) is 2.47. The van der Waals surface area contributed by atoms with Gasteiger partial charge in [0.1, 0.15) is 0 Å².